The summed E-state index contributed by atoms with van der Waals surface area (Å²) in [6, 6.07) is 11.6. The summed E-state index contributed by atoms with van der Waals surface area (Å²) in [6.45, 7) is 7.94. The quantitative estimate of drug-likeness (QED) is 0.571. The molecule has 1 aromatic rings. The summed E-state index contributed by atoms with van der Waals surface area (Å²) in [5, 5.41) is 14.2. The van der Waals surface area contributed by atoms with E-state index in [9.17, 15) is 5.11 Å². The topological polar surface area (TPSA) is 51.1 Å². The molecule has 3 saturated heterocycles. The van der Waals surface area contributed by atoms with Gasteiger partial charge < -0.3 is 15.3 Å². The molecule has 2 N–H and O–H groups in total. The third-order valence-corrected chi connectivity index (χ3v) is 7.89. The maximum atomic E-state index is 10.7. The van der Waals surface area contributed by atoms with Crippen molar-refractivity contribution in [1.29, 1.82) is 0 Å². The average Bonchev–Trinajstić information content (AvgIpc) is 3.18. The van der Waals surface area contributed by atoms with Crippen LogP contribution in [-0.4, -0.2) is 76.7 Å². The summed E-state index contributed by atoms with van der Waals surface area (Å²) in [5.74, 6) is 3.56. The number of guanidine groups is 1. The van der Waals surface area contributed by atoms with Crippen molar-refractivity contribution in [3.05, 3.63) is 35.9 Å². The Bertz CT molecular complexity index is 677. The van der Waals surface area contributed by atoms with Gasteiger partial charge in [-0.2, -0.15) is 11.8 Å². The maximum Gasteiger partial charge on any atom is 0.194 e. The van der Waals surface area contributed by atoms with E-state index in [4.69, 9.17) is 4.99 Å². The molecule has 0 spiro atoms. The summed E-state index contributed by atoms with van der Waals surface area (Å²) in [5.41, 5.74) is 0.814. The van der Waals surface area contributed by atoms with E-state index in [2.05, 4.69) is 52.4 Å². The lowest BCUT2D eigenvalue weighted by Crippen LogP contribution is -2.56. The lowest BCUT2D eigenvalue weighted by atomic mass is 9.83. The molecular weight excluding hydrogens is 380 g/mol. The molecule has 29 heavy (non-hydrogen) atoms. The average molecular weight is 417 g/mol. The molecule has 0 aromatic heterocycles. The van der Waals surface area contributed by atoms with Gasteiger partial charge in [0.2, 0.25) is 0 Å². The van der Waals surface area contributed by atoms with Gasteiger partial charge in [-0.25, -0.2) is 0 Å². The van der Waals surface area contributed by atoms with Crippen molar-refractivity contribution >= 4 is 17.7 Å². The number of thioether (sulfide) groups is 1. The van der Waals surface area contributed by atoms with Gasteiger partial charge in [-0.3, -0.25) is 9.89 Å². The van der Waals surface area contributed by atoms with Gasteiger partial charge in [0, 0.05) is 38.0 Å². The molecule has 0 saturated carbocycles. The molecule has 3 atom stereocenters. The van der Waals surface area contributed by atoms with E-state index in [0.29, 0.717) is 18.5 Å². The van der Waals surface area contributed by atoms with Crippen LogP contribution >= 0.6 is 11.8 Å². The Morgan fingerprint density at radius 3 is 2.90 bits per heavy atom. The van der Waals surface area contributed by atoms with Gasteiger partial charge in [-0.05, 0) is 56.4 Å². The van der Waals surface area contributed by atoms with E-state index < -0.39 is 5.60 Å². The molecule has 0 bridgehead atoms. The number of hydrogen-bond acceptors (Lipinski definition) is 4. The smallest absolute Gasteiger partial charge is 0.194 e. The molecule has 3 aliphatic rings. The SMILES string of the molecule is CCNC(=NCC1(O)CCSC1)N1CCC2C(CCCN2Cc2ccccc2)C1. The number of hydrogen-bond donors (Lipinski definition) is 2. The lowest BCUT2D eigenvalue weighted by molar-refractivity contribution is 0.0368. The fraction of sp³-hybridized carbons (Fsp3) is 0.696. The molecule has 0 amide bonds. The van der Waals surface area contributed by atoms with Crippen LogP contribution in [0, 0.1) is 5.92 Å². The van der Waals surface area contributed by atoms with Crippen molar-refractivity contribution in [1.82, 2.24) is 15.1 Å². The zero-order chi connectivity index (χ0) is 20.1. The molecule has 0 aliphatic carbocycles. The first-order valence-electron chi connectivity index (χ1n) is 11.3. The van der Waals surface area contributed by atoms with E-state index >= 15 is 0 Å². The number of likely N-dealkylation sites (tertiary alicyclic amines) is 2. The molecule has 3 fully saturated rings. The highest BCUT2D eigenvalue weighted by molar-refractivity contribution is 7.99. The predicted octanol–water partition coefficient (Wildman–Crippen LogP) is 2.81. The second-order valence-corrected chi connectivity index (χ2v) is 9.96. The van der Waals surface area contributed by atoms with Crippen LogP contribution < -0.4 is 5.32 Å². The normalized spacial score (nSPS) is 31.0. The van der Waals surface area contributed by atoms with Gasteiger partial charge in [-0.15, -0.1) is 0 Å². The van der Waals surface area contributed by atoms with E-state index in [1.54, 1.807) is 0 Å². The van der Waals surface area contributed by atoms with E-state index in [-0.39, 0.29) is 0 Å². The highest BCUT2D eigenvalue weighted by Crippen LogP contribution is 2.32. The van der Waals surface area contributed by atoms with Crippen molar-refractivity contribution in [2.75, 3.05) is 44.2 Å². The molecule has 3 heterocycles. The fourth-order valence-corrected chi connectivity index (χ4v) is 6.37. The highest BCUT2D eigenvalue weighted by Gasteiger charge is 2.37. The van der Waals surface area contributed by atoms with Crippen LogP contribution in [-0.2, 0) is 6.54 Å². The number of aliphatic imine (C=N–C) groups is 1. The summed E-state index contributed by atoms with van der Waals surface area (Å²) in [7, 11) is 0. The molecule has 6 heteroatoms. The first-order chi connectivity index (χ1) is 14.2. The van der Waals surface area contributed by atoms with E-state index in [0.717, 1.165) is 50.1 Å². The number of rotatable bonds is 5. The first kappa shape index (κ1) is 21.0. The van der Waals surface area contributed by atoms with Gasteiger partial charge in [0.05, 0.1) is 12.1 Å². The minimum absolute atomic E-state index is 0.521. The number of aliphatic hydroxyl groups is 1. The van der Waals surface area contributed by atoms with Crippen molar-refractivity contribution in [2.24, 2.45) is 10.9 Å². The molecule has 1 aromatic carbocycles. The lowest BCUT2D eigenvalue weighted by Gasteiger charge is -2.48. The third kappa shape index (κ3) is 5.28. The second kappa shape index (κ2) is 9.71. The monoisotopic (exact) mass is 416 g/mol. The summed E-state index contributed by atoms with van der Waals surface area (Å²) in [4.78, 5) is 10.0. The Labute approximate surface area is 180 Å². The number of nitrogens with zero attached hydrogens (tertiary/aromatic N) is 3. The van der Waals surface area contributed by atoms with Gasteiger partial charge in [0.1, 0.15) is 0 Å². The maximum absolute atomic E-state index is 10.7. The summed E-state index contributed by atoms with van der Waals surface area (Å²) in [6.07, 6.45) is 4.65. The molecule has 4 rings (SSSR count). The molecule has 3 unspecified atom stereocenters. The van der Waals surface area contributed by atoms with Crippen LogP contribution in [0.4, 0.5) is 0 Å². The number of nitrogens with one attached hydrogen (secondary N) is 1. The minimum Gasteiger partial charge on any atom is -0.387 e. The number of fused-ring (bicyclic) bond motifs is 1. The summed E-state index contributed by atoms with van der Waals surface area (Å²) < 4.78 is 0. The Morgan fingerprint density at radius 2 is 2.14 bits per heavy atom. The van der Waals surface area contributed by atoms with Crippen LogP contribution in [0.25, 0.3) is 0 Å². The van der Waals surface area contributed by atoms with Gasteiger partial charge in [-0.1, -0.05) is 30.3 Å². The van der Waals surface area contributed by atoms with Crippen molar-refractivity contribution in [3.63, 3.8) is 0 Å². The van der Waals surface area contributed by atoms with Crippen molar-refractivity contribution < 1.29 is 5.11 Å². The molecule has 3 aliphatic heterocycles. The molecule has 5 nitrogen and oxygen atoms in total. The zero-order valence-corrected chi connectivity index (χ0v) is 18.5. The minimum atomic E-state index is -0.610. The Balaban J connectivity index is 1.39. The van der Waals surface area contributed by atoms with Crippen LogP contribution in [0.2, 0.25) is 0 Å². The van der Waals surface area contributed by atoms with Crippen LogP contribution in [0.3, 0.4) is 0 Å². The van der Waals surface area contributed by atoms with Gasteiger partial charge in [0.25, 0.3) is 0 Å². The predicted molar refractivity (Wildman–Crippen MR) is 122 cm³/mol. The van der Waals surface area contributed by atoms with Crippen molar-refractivity contribution in [2.45, 2.75) is 50.8 Å². The van der Waals surface area contributed by atoms with Crippen LogP contribution in [0.5, 0.6) is 0 Å². The largest absolute Gasteiger partial charge is 0.387 e. The number of benzene rings is 1. The van der Waals surface area contributed by atoms with Crippen LogP contribution in [0.1, 0.15) is 38.2 Å². The Kier molecular flexibility index (Phi) is 7.04. The van der Waals surface area contributed by atoms with Crippen LogP contribution in [0.15, 0.2) is 35.3 Å². The Hall–Kier alpha value is -1.24. The van der Waals surface area contributed by atoms with E-state index in [1.165, 1.54) is 31.4 Å². The Morgan fingerprint density at radius 1 is 1.28 bits per heavy atom. The second-order valence-electron chi connectivity index (χ2n) is 8.86. The molecular formula is C23H36N4OS. The summed E-state index contributed by atoms with van der Waals surface area (Å²) >= 11 is 1.84. The van der Waals surface area contributed by atoms with Gasteiger partial charge in [0.15, 0.2) is 5.96 Å². The zero-order valence-electron chi connectivity index (χ0n) is 17.7. The molecule has 0 radical (unpaired) electrons. The fourth-order valence-electron chi connectivity index (χ4n) is 5.08. The third-order valence-electron chi connectivity index (χ3n) is 6.65. The van der Waals surface area contributed by atoms with E-state index in [1.807, 2.05) is 11.8 Å². The number of piperidine rings is 2. The highest BCUT2D eigenvalue weighted by atomic mass is 32.2. The first-order valence-corrected chi connectivity index (χ1v) is 12.4. The van der Waals surface area contributed by atoms with Gasteiger partial charge >= 0.3 is 0 Å². The standard InChI is InChI=1S/C23H36N4OS/c1-2-24-22(25-17-23(28)11-14-29-18-23)27-13-10-21-20(16-27)9-6-12-26(21)15-19-7-4-3-5-8-19/h3-5,7-8,20-21,28H,2,6,9-18H2,1H3,(H,24,25). The van der Waals surface area contributed by atoms with Crippen molar-refractivity contribution in [3.8, 4) is 0 Å². The molecule has 160 valence electrons.